The molecule has 0 atom stereocenters. The molecule has 136 valence electrons. The van der Waals surface area contributed by atoms with Crippen molar-refractivity contribution in [2.24, 2.45) is 21.5 Å². The van der Waals surface area contributed by atoms with E-state index in [0.29, 0.717) is 0 Å². The van der Waals surface area contributed by atoms with Gasteiger partial charge in [0.1, 0.15) is 0 Å². The zero-order valence-corrected chi connectivity index (χ0v) is 16.4. The second-order valence-electron chi connectivity index (χ2n) is 5.57. The number of nitrogens with zero attached hydrogens (tertiary/aromatic N) is 2. The van der Waals surface area contributed by atoms with Gasteiger partial charge in [-0.05, 0) is 91.1 Å². The van der Waals surface area contributed by atoms with Gasteiger partial charge in [0.05, 0.1) is 0 Å². The van der Waals surface area contributed by atoms with Crippen LogP contribution in [0.15, 0.2) is 9.98 Å². The quantitative estimate of drug-likeness (QED) is 0.384. The largest absolute Gasteiger partial charge is 2.00 e. The Bertz CT molecular complexity index is 334. The first-order chi connectivity index (χ1) is 11.7. The summed E-state index contributed by atoms with van der Waals surface area (Å²) in [4.78, 5) is 8.79. The molecule has 4 N–H and O–H groups in total. The van der Waals surface area contributed by atoms with E-state index in [0.717, 1.165) is 50.4 Å². The van der Waals surface area contributed by atoms with Crippen LogP contribution in [0.3, 0.4) is 0 Å². The van der Waals surface area contributed by atoms with Crippen LogP contribution in [0.4, 0.5) is 0 Å². The van der Waals surface area contributed by atoms with E-state index in [9.17, 15) is 0 Å². The van der Waals surface area contributed by atoms with Crippen LogP contribution in [0.25, 0.3) is 0 Å². The summed E-state index contributed by atoms with van der Waals surface area (Å²) >= 11 is 0. The summed E-state index contributed by atoms with van der Waals surface area (Å²) in [6.07, 6.45) is 18.3. The average molecular weight is 382 g/mol. The molecule has 10 radical (unpaired) electrons. The standard InChI is InChI=1S/2C10H15N2.Fe/c2*1-9(12-8-4-7-11)10-5-2-3-6-10;/h2*2-3,5-6H,4,7-8,11H2,1H3;/q;;+2. The van der Waals surface area contributed by atoms with Crippen molar-refractivity contribution in [3.8, 4) is 0 Å². The van der Waals surface area contributed by atoms with E-state index in [2.05, 4.69) is 35.7 Å². The number of rotatable bonds is 8. The molecule has 2 rings (SSSR count). The maximum absolute atomic E-state index is 5.36. The maximum Gasteiger partial charge on any atom is 2.00 e. The number of hydrogen-bond donors (Lipinski definition) is 2. The Morgan fingerprint density at radius 2 is 1.04 bits per heavy atom. The molecule has 2 aliphatic carbocycles. The Morgan fingerprint density at radius 3 is 1.32 bits per heavy atom. The van der Waals surface area contributed by atoms with Crippen molar-refractivity contribution < 1.29 is 17.1 Å². The van der Waals surface area contributed by atoms with Crippen molar-refractivity contribution in [2.75, 3.05) is 26.2 Å². The first-order valence-corrected chi connectivity index (χ1v) is 8.55. The van der Waals surface area contributed by atoms with E-state index in [4.69, 9.17) is 11.5 Å². The summed E-state index contributed by atoms with van der Waals surface area (Å²) in [7, 11) is 0. The summed E-state index contributed by atoms with van der Waals surface area (Å²) in [5, 5.41) is 0. The Morgan fingerprint density at radius 1 is 0.720 bits per heavy atom. The second kappa shape index (κ2) is 16.0. The molecule has 0 aromatic carbocycles. The molecule has 0 saturated heterocycles. The Labute approximate surface area is 166 Å². The summed E-state index contributed by atoms with van der Waals surface area (Å²) in [6.45, 7) is 7.19. The molecular weight excluding hydrogens is 352 g/mol. The van der Waals surface area contributed by atoms with Crippen LogP contribution >= 0.6 is 0 Å². The zero-order chi connectivity index (χ0) is 17.6. The normalized spacial score (nSPS) is 19.5. The molecule has 2 fully saturated rings. The van der Waals surface area contributed by atoms with Gasteiger partial charge < -0.3 is 11.5 Å². The molecular formula is C20H30FeN4+2. The minimum Gasteiger partial charge on any atom is -0.330 e. The third-order valence-corrected chi connectivity index (χ3v) is 3.58. The van der Waals surface area contributed by atoms with Gasteiger partial charge in [0.25, 0.3) is 0 Å². The molecule has 0 aromatic rings. The third kappa shape index (κ3) is 11.2. The summed E-state index contributed by atoms with van der Waals surface area (Å²) < 4.78 is 0. The van der Waals surface area contributed by atoms with Crippen molar-refractivity contribution in [1.29, 1.82) is 0 Å². The van der Waals surface area contributed by atoms with Gasteiger partial charge in [-0.25, -0.2) is 0 Å². The smallest absolute Gasteiger partial charge is 0.330 e. The molecule has 0 unspecified atom stereocenters. The van der Waals surface area contributed by atoms with Crippen LogP contribution in [-0.4, -0.2) is 37.6 Å². The minimum atomic E-state index is 0. The van der Waals surface area contributed by atoms with Crippen molar-refractivity contribution in [3.63, 3.8) is 0 Å². The van der Waals surface area contributed by atoms with Crippen LogP contribution in [-0.2, 0) is 17.1 Å². The van der Waals surface area contributed by atoms with Gasteiger partial charge in [0, 0.05) is 36.3 Å². The Balaban J connectivity index is 0.000000443. The fraction of sp³-hybridized carbons (Fsp3) is 0.400. The topological polar surface area (TPSA) is 76.8 Å². The monoisotopic (exact) mass is 382 g/mol. The fourth-order valence-electron chi connectivity index (χ4n) is 2.09. The van der Waals surface area contributed by atoms with Crippen LogP contribution in [0.1, 0.15) is 26.7 Å². The zero-order valence-electron chi connectivity index (χ0n) is 15.3. The molecule has 0 amide bonds. The molecule has 2 saturated carbocycles. The Kier molecular flexibility index (Phi) is 15.8. The van der Waals surface area contributed by atoms with Crippen molar-refractivity contribution in [3.05, 3.63) is 63.2 Å². The van der Waals surface area contributed by atoms with Gasteiger partial charge >= 0.3 is 17.1 Å². The van der Waals surface area contributed by atoms with E-state index in [1.165, 1.54) is 11.8 Å². The van der Waals surface area contributed by atoms with Crippen LogP contribution in [0.5, 0.6) is 0 Å². The molecule has 0 aromatic heterocycles. The maximum atomic E-state index is 5.36. The third-order valence-electron chi connectivity index (χ3n) is 3.58. The average Bonchev–Trinajstić information content (AvgIpc) is 3.29. The molecule has 0 bridgehead atoms. The van der Waals surface area contributed by atoms with E-state index in [1.54, 1.807) is 0 Å². The van der Waals surface area contributed by atoms with Crippen molar-refractivity contribution in [1.82, 2.24) is 0 Å². The summed E-state index contributed by atoms with van der Waals surface area (Å²) in [6, 6.07) is 0. The second-order valence-corrected chi connectivity index (χ2v) is 5.57. The Hall–Kier alpha value is -0.221. The number of hydrogen-bond acceptors (Lipinski definition) is 4. The molecule has 2 aliphatic rings. The predicted molar refractivity (Wildman–Crippen MR) is 104 cm³/mol. The minimum absolute atomic E-state index is 0. The fourth-order valence-corrected chi connectivity index (χ4v) is 2.09. The van der Waals surface area contributed by atoms with Crippen LogP contribution in [0.2, 0.25) is 0 Å². The predicted octanol–water partition coefficient (Wildman–Crippen LogP) is 2.40. The SMILES string of the molecule is CC(=NCCCN)[C]1[CH][CH][CH][CH]1.CC(=NCCCN)[C]1[CH][CH][CH][CH]1.[Fe+2]. The molecule has 0 aliphatic heterocycles. The van der Waals surface area contributed by atoms with Crippen LogP contribution < -0.4 is 11.5 Å². The molecule has 4 nitrogen and oxygen atoms in total. The van der Waals surface area contributed by atoms with Gasteiger partial charge in [-0.3, -0.25) is 9.98 Å². The van der Waals surface area contributed by atoms with E-state index >= 15 is 0 Å². The van der Waals surface area contributed by atoms with Crippen molar-refractivity contribution in [2.45, 2.75) is 26.7 Å². The van der Waals surface area contributed by atoms with Gasteiger partial charge in [-0.15, -0.1) is 0 Å². The summed E-state index contributed by atoms with van der Waals surface area (Å²) in [5.41, 5.74) is 12.9. The van der Waals surface area contributed by atoms with Crippen molar-refractivity contribution >= 4 is 11.4 Å². The molecule has 0 heterocycles. The van der Waals surface area contributed by atoms with Gasteiger partial charge in [-0.1, -0.05) is 0 Å². The van der Waals surface area contributed by atoms with Gasteiger partial charge in [0.15, 0.2) is 0 Å². The number of nitrogens with two attached hydrogens (primary N) is 2. The van der Waals surface area contributed by atoms with E-state index < -0.39 is 0 Å². The van der Waals surface area contributed by atoms with Crippen LogP contribution in [0, 0.1) is 63.2 Å². The first kappa shape index (κ1) is 24.8. The molecule has 25 heavy (non-hydrogen) atoms. The molecule has 5 heteroatoms. The molecule has 0 spiro atoms. The first-order valence-electron chi connectivity index (χ1n) is 8.55. The number of aliphatic imine (C=N–C) groups is 2. The van der Waals surface area contributed by atoms with Gasteiger partial charge in [-0.2, -0.15) is 0 Å². The van der Waals surface area contributed by atoms with E-state index in [1.807, 2.05) is 39.5 Å². The van der Waals surface area contributed by atoms with Gasteiger partial charge in [0.2, 0.25) is 0 Å². The summed E-state index contributed by atoms with van der Waals surface area (Å²) in [5.74, 6) is 2.43. The van der Waals surface area contributed by atoms with E-state index in [-0.39, 0.29) is 17.1 Å².